The van der Waals surface area contributed by atoms with Gasteiger partial charge >= 0.3 is 0 Å². The largest absolute Gasteiger partial charge is 0.448 e. The van der Waals surface area contributed by atoms with Crippen molar-refractivity contribution in [3.8, 4) is 11.5 Å². The molecule has 0 N–H and O–H groups in total. The summed E-state index contributed by atoms with van der Waals surface area (Å²) in [5.41, 5.74) is 1.61. The standard InChI is InChI=1S/C19H21N3O2/c1-18(2,3)19(23-16-10-6-7-11-17(16)24-19)12-13-22-20-14-8-4-5-9-15(14)21-22/h4-11H,12-13H2,1-3H3. The molecule has 0 spiro atoms. The Kier molecular flexibility index (Phi) is 3.27. The van der Waals surface area contributed by atoms with Gasteiger partial charge in [0.05, 0.1) is 6.54 Å². The zero-order valence-electron chi connectivity index (χ0n) is 14.2. The van der Waals surface area contributed by atoms with Crippen molar-refractivity contribution in [3.63, 3.8) is 0 Å². The monoisotopic (exact) mass is 323 g/mol. The second-order valence-electron chi connectivity index (χ2n) is 7.19. The summed E-state index contributed by atoms with van der Waals surface area (Å²) in [4.78, 5) is 1.73. The first-order chi connectivity index (χ1) is 11.5. The van der Waals surface area contributed by atoms with Gasteiger partial charge in [0.25, 0.3) is 5.79 Å². The van der Waals surface area contributed by atoms with Crippen LogP contribution in [-0.4, -0.2) is 20.8 Å². The normalized spacial score (nSPS) is 15.8. The number of aryl methyl sites for hydroxylation is 1. The maximum Gasteiger partial charge on any atom is 0.258 e. The minimum absolute atomic E-state index is 0.196. The molecule has 0 unspecified atom stereocenters. The van der Waals surface area contributed by atoms with E-state index >= 15 is 0 Å². The van der Waals surface area contributed by atoms with Crippen molar-refractivity contribution in [1.29, 1.82) is 0 Å². The average Bonchev–Trinajstić information content (AvgIpc) is 3.13. The van der Waals surface area contributed by atoms with Crippen LogP contribution in [0.4, 0.5) is 0 Å². The van der Waals surface area contributed by atoms with Crippen LogP contribution in [0.3, 0.4) is 0 Å². The number of hydrogen-bond donors (Lipinski definition) is 0. The molecule has 5 nitrogen and oxygen atoms in total. The second-order valence-corrected chi connectivity index (χ2v) is 7.19. The number of ether oxygens (including phenoxy) is 2. The van der Waals surface area contributed by atoms with Crippen LogP contribution in [0.2, 0.25) is 0 Å². The summed E-state index contributed by atoms with van der Waals surface area (Å²) < 4.78 is 12.5. The molecular formula is C19H21N3O2. The molecule has 1 aliphatic rings. The van der Waals surface area contributed by atoms with Crippen molar-refractivity contribution in [3.05, 3.63) is 48.5 Å². The van der Waals surface area contributed by atoms with Crippen molar-refractivity contribution in [2.45, 2.75) is 39.5 Å². The molecule has 1 aliphatic heterocycles. The third-order valence-corrected chi connectivity index (χ3v) is 4.51. The number of aromatic nitrogens is 3. The van der Waals surface area contributed by atoms with E-state index in [4.69, 9.17) is 9.47 Å². The van der Waals surface area contributed by atoms with Crippen LogP contribution < -0.4 is 9.47 Å². The van der Waals surface area contributed by atoms with Gasteiger partial charge in [-0.15, -0.1) is 0 Å². The number of para-hydroxylation sites is 2. The van der Waals surface area contributed by atoms with E-state index in [1.54, 1.807) is 4.80 Å². The SMILES string of the molecule is CC(C)(C)C1(CCn2nc3ccccc3n2)Oc2ccccc2O1. The average molecular weight is 323 g/mol. The lowest BCUT2D eigenvalue weighted by molar-refractivity contribution is -0.166. The summed E-state index contributed by atoms with van der Waals surface area (Å²) in [5, 5.41) is 9.06. The summed E-state index contributed by atoms with van der Waals surface area (Å²) in [6.07, 6.45) is 0.659. The topological polar surface area (TPSA) is 49.2 Å². The Hall–Kier alpha value is -2.56. The minimum atomic E-state index is -0.726. The van der Waals surface area contributed by atoms with Gasteiger partial charge in [0.1, 0.15) is 11.0 Å². The highest BCUT2D eigenvalue weighted by Crippen LogP contribution is 2.48. The summed E-state index contributed by atoms with van der Waals surface area (Å²) in [6, 6.07) is 15.7. The molecule has 0 fully saturated rings. The summed E-state index contributed by atoms with van der Waals surface area (Å²) in [7, 11) is 0. The van der Waals surface area contributed by atoms with E-state index in [0.717, 1.165) is 22.5 Å². The van der Waals surface area contributed by atoms with Gasteiger partial charge in [-0.05, 0) is 24.3 Å². The Morgan fingerprint density at radius 1 is 0.875 bits per heavy atom. The molecule has 124 valence electrons. The van der Waals surface area contributed by atoms with Gasteiger partial charge in [-0.2, -0.15) is 15.0 Å². The van der Waals surface area contributed by atoms with Gasteiger partial charge in [-0.1, -0.05) is 45.0 Å². The quantitative estimate of drug-likeness (QED) is 0.730. The zero-order valence-corrected chi connectivity index (χ0v) is 14.2. The smallest absolute Gasteiger partial charge is 0.258 e. The van der Waals surface area contributed by atoms with E-state index in [-0.39, 0.29) is 5.41 Å². The summed E-state index contributed by atoms with van der Waals surface area (Å²) in [6.45, 7) is 7.02. The fraction of sp³-hybridized carbons (Fsp3) is 0.368. The van der Waals surface area contributed by atoms with E-state index in [1.165, 1.54) is 0 Å². The van der Waals surface area contributed by atoms with E-state index in [1.807, 2.05) is 48.5 Å². The van der Waals surface area contributed by atoms with E-state index in [0.29, 0.717) is 13.0 Å². The van der Waals surface area contributed by atoms with Crippen molar-refractivity contribution >= 4 is 11.0 Å². The van der Waals surface area contributed by atoms with Crippen molar-refractivity contribution in [1.82, 2.24) is 15.0 Å². The number of fused-ring (bicyclic) bond motifs is 2. The molecule has 5 heteroatoms. The van der Waals surface area contributed by atoms with Crippen molar-refractivity contribution in [2.75, 3.05) is 0 Å². The molecule has 0 saturated heterocycles. The number of rotatable bonds is 3. The highest BCUT2D eigenvalue weighted by atomic mass is 16.7. The summed E-state index contributed by atoms with van der Waals surface area (Å²) >= 11 is 0. The minimum Gasteiger partial charge on any atom is -0.448 e. The molecule has 24 heavy (non-hydrogen) atoms. The first-order valence-electron chi connectivity index (χ1n) is 8.24. The molecule has 0 saturated carbocycles. The molecule has 0 amide bonds. The number of nitrogens with zero attached hydrogens (tertiary/aromatic N) is 3. The molecule has 0 radical (unpaired) electrons. The number of benzene rings is 2. The molecule has 4 rings (SSSR count). The highest BCUT2D eigenvalue weighted by Gasteiger charge is 2.51. The third-order valence-electron chi connectivity index (χ3n) is 4.51. The predicted molar refractivity (Wildman–Crippen MR) is 92.0 cm³/mol. The van der Waals surface area contributed by atoms with Crippen molar-refractivity contribution in [2.24, 2.45) is 5.41 Å². The van der Waals surface area contributed by atoms with Crippen LogP contribution in [0.5, 0.6) is 11.5 Å². The Labute approximate surface area is 141 Å². The van der Waals surface area contributed by atoms with Gasteiger partial charge in [0.2, 0.25) is 0 Å². The summed E-state index contributed by atoms with van der Waals surface area (Å²) in [5.74, 6) is 0.869. The van der Waals surface area contributed by atoms with Gasteiger partial charge in [0, 0.05) is 11.8 Å². The molecule has 1 aromatic heterocycles. The molecule has 0 bridgehead atoms. The number of hydrogen-bond acceptors (Lipinski definition) is 4. The fourth-order valence-corrected chi connectivity index (χ4v) is 3.03. The Bertz CT molecular complexity index is 821. The fourth-order valence-electron chi connectivity index (χ4n) is 3.03. The lowest BCUT2D eigenvalue weighted by Gasteiger charge is -2.39. The predicted octanol–water partition coefficient (Wildman–Crippen LogP) is 4.04. The molecule has 0 aliphatic carbocycles. The lowest BCUT2D eigenvalue weighted by atomic mass is 9.83. The van der Waals surface area contributed by atoms with Crippen LogP contribution in [0, 0.1) is 5.41 Å². The first-order valence-corrected chi connectivity index (χ1v) is 8.24. The molecule has 3 aromatic rings. The maximum absolute atomic E-state index is 6.26. The molecular weight excluding hydrogens is 302 g/mol. The van der Waals surface area contributed by atoms with Crippen LogP contribution in [0.25, 0.3) is 11.0 Å². The van der Waals surface area contributed by atoms with E-state index in [2.05, 4.69) is 31.0 Å². The van der Waals surface area contributed by atoms with Crippen LogP contribution in [0.15, 0.2) is 48.5 Å². The molecule has 2 aromatic carbocycles. The Balaban J connectivity index is 1.60. The maximum atomic E-state index is 6.26. The lowest BCUT2D eigenvalue weighted by Crippen LogP contribution is -2.51. The van der Waals surface area contributed by atoms with Gasteiger partial charge in [-0.25, -0.2) is 0 Å². The van der Waals surface area contributed by atoms with Crippen molar-refractivity contribution < 1.29 is 9.47 Å². The Morgan fingerprint density at radius 3 is 1.88 bits per heavy atom. The molecule has 2 heterocycles. The van der Waals surface area contributed by atoms with Crippen LogP contribution >= 0.6 is 0 Å². The van der Waals surface area contributed by atoms with Gasteiger partial charge < -0.3 is 9.47 Å². The zero-order chi connectivity index (χ0) is 16.8. The molecule has 0 atom stereocenters. The Morgan fingerprint density at radius 2 is 1.38 bits per heavy atom. The van der Waals surface area contributed by atoms with E-state index < -0.39 is 5.79 Å². The van der Waals surface area contributed by atoms with E-state index in [9.17, 15) is 0 Å². The van der Waals surface area contributed by atoms with Gasteiger partial charge in [-0.3, -0.25) is 0 Å². The highest BCUT2D eigenvalue weighted by molar-refractivity contribution is 5.72. The second kappa shape index (κ2) is 5.23. The van der Waals surface area contributed by atoms with Crippen LogP contribution in [-0.2, 0) is 6.54 Å². The van der Waals surface area contributed by atoms with Gasteiger partial charge in [0.15, 0.2) is 11.5 Å². The third kappa shape index (κ3) is 2.40. The van der Waals surface area contributed by atoms with Crippen LogP contribution in [0.1, 0.15) is 27.2 Å². The first kappa shape index (κ1) is 15.0.